The van der Waals surface area contributed by atoms with Crippen LogP contribution in [0.1, 0.15) is 16.1 Å². The largest absolute Gasteiger partial charge is 0.372 e. The number of nitrogens with zero attached hydrogens (tertiary/aromatic N) is 2. The molecule has 0 aliphatic rings. The predicted molar refractivity (Wildman–Crippen MR) is 74.0 cm³/mol. The van der Waals surface area contributed by atoms with E-state index in [2.05, 4.69) is 20.8 Å². The number of rotatable bonds is 5. The molecule has 0 saturated heterocycles. The van der Waals surface area contributed by atoms with Gasteiger partial charge in [-0.1, -0.05) is 12.1 Å². The molecule has 1 amide bonds. The van der Waals surface area contributed by atoms with Gasteiger partial charge in [-0.3, -0.25) is 4.79 Å². The van der Waals surface area contributed by atoms with Gasteiger partial charge in [-0.15, -0.1) is 10.2 Å². The Morgan fingerprint density at radius 1 is 1.25 bits per heavy atom. The molecule has 0 radical (unpaired) electrons. The monoisotopic (exact) mass is 274 g/mol. The van der Waals surface area contributed by atoms with Crippen LogP contribution in [0.2, 0.25) is 0 Å². The molecule has 0 spiro atoms. The van der Waals surface area contributed by atoms with Crippen LogP contribution in [0.25, 0.3) is 0 Å². The van der Waals surface area contributed by atoms with E-state index in [1.807, 2.05) is 6.07 Å². The second kappa shape index (κ2) is 6.60. The van der Waals surface area contributed by atoms with E-state index >= 15 is 0 Å². The zero-order chi connectivity index (χ0) is 14.4. The van der Waals surface area contributed by atoms with Gasteiger partial charge in [0, 0.05) is 13.6 Å². The number of halogens is 1. The average Bonchev–Trinajstić information content (AvgIpc) is 2.47. The molecule has 2 aromatic rings. The van der Waals surface area contributed by atoms with Crippen LogP contribution < -0.4 is 10.6 Å². The van der Waals surface area contributed by atoms with E-state index in [1.165, 1.54) is 12.1 Å². The molecule has 0 aliphatic heterocycles. The smallest absolute Gasteiger partial charge is 0.271 e. The Balaban J connectivity index is 1.85. The number of nitrogens with one attached hydrogen (secondary N) is 2. The van der Waals surface area contributed by atoms with E-state index in [-0.39, 0.29) is 17.4 Å². The lowest BCUT2D eigenvalue weighted by atomic mass is 10.1. The molecule has 0 aliphatic carbocycles. The Hall–Kier alpha value is -2.50. The van der Waals surface area contributed by atoms with E-state index in [4.69, 9.17) is 0 Å². The lowest BCUT2D eigenvalue weighted by Gasteiger charge is -2.05. The van der Waals surface area contributed by atoms with E-state index < -0.39 is 0 Å². The van der Waals surface area contributed by atoms with E-state index in [0.717, 1.165) is 5.56 Å². The standard InChI is InChI=1S/C14H15FN4O/c1-16-13-6-5-12(18-19-13)14(20)17-8-7-10-3-2-4-11(15)9-10/h2-6,9H,7-8H2,1H3,(H,16,19)(H,17,20). The first-order chi connectivity index (χ1) is 9.69. The topological polar surface area (TPSA) is 66.9 Å². The van der Waals surface area contributed by atoms with Crippen LogP contribution in [0.4, 0.5) is 10.2 Å². The van der Waals surface area contributed by atoms with Crippen LogP contribution in [0.5, 0.6) is 0 Å². The Morgan fingerprint density at radius 3 is 2.75 bits per heavy atom. The molecule has 1 aromatic heterocycles. The van der Waals surface area contributed by atoms with E-state index in [0.29, 0.717) is 18.8 Å². The molecule has 0 saturated carbocycles. The van der Waals surface area contributed by atoms with Crippen LogP contribution in [-0.2, 0) is 6.42 Å². The summed E-state index contributed by atoms with van der Waals surface area (Å²) < 4.78 is 13.0. The van der Waals surface area contributed by atoms with E-state index in [1.54, 1.807) is 25.2 Å². The molecule has 1 heterocycles. The summed E-state index contributed by atoms with van der Waals surface area (Å²) in [5, 5.41) is 13.2. The van der Waals surface area contributed by atoms with Gasteiger partial charge in [-0.2, -0.15) is 0 Å². The number of anilines is 1. The highest BCUT2D eigenvalue weighted by molar-refractivity contribution is 5.92. The molecule has 104 valence electrons. The number of benzene rings is 1. The molecule has 2 rings (SSSR count). The summed E-state index contributed by atoms with van der Waals surface area (Å²) in [7, 11) is 1.72. The second-order valence-electron chi connectivity index (χ2n) is 4.19. The Kier molecular flexibility index (Phi) is 4.60. The highest BCUT2D eigenvalue weighted by atomic mass is 19.1. The third kappa shape index (κ3) is 3.74. The zero-order valence-electron chi connectivity index (χ0n) is 11.1. The van der Waals surface area contributed by atoms with Crippen LogP contribution in [0.3, 0.4) is 0 Å². The van der Waals surface area contributed by atoms with Crippen LogP contribution in [0.15, 0.2) is 36.4 Å². The summed E-state index contributed by atoms with van der Waals surface area (Å²) >= 11 is 0. The third-order valence-corrected chi connectivity index (χ3v) is 2.74. The molecular formula is C14H15FN4O. The highest BCUT2D eigenvalue weighted by Gasteiger charge is 2.07. The first-order valence-electron chi connectivity index (χ1n) is 6.23. The third-order valence-electron chi connectivity index (χ3n) is 2.74. The first kappa shape index (κ1) is 13.9. The van der Waals surface area contributed by atoms with Crippen LogP contribution in [-0.4, -0.2) is 29.7 Å². The van der Waals surface area contributed by atoms with Gasteiger partial charge in [-0.25, -0.2) is 4.39 Å². The van der Waals surface area contributed by atoms with Crippen molar-refractivity contribution < 1.29 is 9.18 Å². The number of hydrogen-bond donors (Lipinski definition) is 2. The van der Waals surface area contributed by atoms with Crippen LogP contribution >= 0.6 is 0 Å². The van der Waals surface area contributed by atoms with Gasteiger partial charge in [0.2, 0.25) is 0 Å². The van der Waals surface area contributed by atoms with Gasteiger partial charge in [-0.05, 0) is 36.2 Å². The highest BCUT2D eigenvalue weighted by Crippen LogP contribution is 2.04. The lowest BCUT2D eigenvalue weighted by Crippen LogP contribution is -2.26. The molecule has 0 unspecified atom stereocenters. The van der Waals surface area contributed by atoms with Gasteiger partial charge in [0.15, 0.2) is 5.69 Å². The fraction of sp³-hybridized carbons (Fsp3) is 0.214. The number of carbonyl (C=O) groups is 1. The summed E-state index contributed by atoms with van der Waals surface area (Å²) in [6.45, 7) is 0.414. The van der Waals surface area contributed by atoms with Gasteiger partial charge in [0.25, 0.3) is 5.91 Å². The molecule has 1 aromatic carbocycles. The molecule has 6 heteroatoms. The number of aromatic nitrogens is 2. The zero-order valence-corrected chi connectivity index (χ0v) is 11.1. The quantitative estimate of drug-likeness (QED) is 0.869. The number of carbonyl (C=O) groups excluding carboxylic acids is 1. The molecule has 0 fully saturated rings. The Bertz CT molecular complexity index is 586. The minimum absolute atomic E-state index is 0.253. The Morgan fingerprint density at radius 2 is 2.10 bits per heavy atom. The number of hydrogen-bond acceptors (Lipinski definition) is 4. The second-order valence-corrected chi connectivity index (χ2v) is 4.19. The van der Waals surface area contributed by atoms with Gasteiger partial charge in [0.05, 0.1) is 0 Å². The van der Waals surface area contributed by atoms with Crippen molar-refractivity contribution in [3.05, 3.63) is 53.5 Å². The molecule has 20 heavy (non-hydrogen) atoms. The SMILES string of the molecule is CNc1ccc(C(=O)NCCc2cccc(F)c2)nn1. The van der Waals surface area contributed by atoms with E-state index in [9.17, 15) is 9.18 Å². The van der Waals surface area contributed by atoms with Gasteiger partial charge >= 0.3 is 0 Å². The minimum Gasteiger partial charge on any atom is -0.372 e. The van der Waals surface area contributed by atoms with Crippen molar-refractivity contribution >= 4 is 11.7 Å². The summed E-state index contributed by atoms with van der Waals surface area (Å²) in [5.74, 6) is 0.0280. The summed E-state index contributed by atoms with van der Waals surface area (Å²) in [5.41, 5.74) is 1.09. The fourth-order valence-electron chi connectivity index (χ4n) is 1.69. The summed E-state index contributed by atoms with van der Waals surface area (Å²) in [6, 6.07) is 9.57. The van der Waals surface area contributed by atoms with Crippen molar-refractivity contribution in [1.82, 2.24) is 15.5 Å². The lowest BCUT2D eigenvalue weighted by molar-refractivity contribution is 0.0948. The van der Waals surface area contributed by atoms with Crippen molar-refractivity contribution in [3.63, 3.8) is 0 Å². The van der Waals surface area contributed by atoms with Crippen molar-refractivity contribution in [2.24, 2.45) is 0 Å². The minimum atomic E-state index is -0.295. The average molecular weight is 274 g/mol. The fourth-order valence-corrected chi connectivity index (χ4v) is 1.69. The predicted octanol–water partition coefficient (Wildman–Crippen LogP) is 1.63. The molecular weight excluding hydrogens is 259 g/mol. The maximum Gasteiger partial charge on any atom is 0.271 e. The maximum atomic E-state index is 13.0. The van der Waals surface area contributed by atoms with Crippen molar-refractivity contribution in [2.45, 2.75) is 6.42 Å². The maximum absolute atomic E-state index is 13.0. The van der Waals surface area contributed by atoms with Crippen LogP contribution in [0, 0.1) is 5.82 Å². The molecule has 5 nitrogen and oxygen atoms in total. The van der Waals surface area contributed by atoms with Crippen molar-refractivity contribution in [1.29, 1.82) is 0 Å². The normalized spacial score (nSPS) is 10.1. The summed E-state index contributed by atoms with van der Waals surface area (Å²) in [6.07, 6.45) is 0.561. The molecule has 2 N–H and O–H groups in total. The first-order valence-corrected chi connectivity index (χ1v) is 6.23. The molecule has 0 atom stereocenters. The summed E-state index contributed by atoms with van der Waals surface area (Å²) in [4.78, 5) is 11.8. The number of amides is 1. The van der Waals surface area contributed by atoms with Crippen molar-refractivity contribution in [3.8, 4) is 0 Å². The Labute approximate surface area is 116 Å². The van der Waals surface area contributed by atoms with Crippen molar-refractivity contribution in [2.75, 3.05) is 18.9 Å². The van der Waals surface area contributed by atoms with Gasteiger partial charge < -0.3 is 10.6 Å². The molecule has 0 bridgehead atoms. The van der Waals surface area contributed by atoms with Gasteiger partial charge in [0.1, 0.15) is 11.6 Å².